The van der Waals surface area contributed by atoms with Gasteiger partial charge in [0, 0.05) is 6.20 Å². The summed E-state index contributed by atoms with van der Waals surface area (Å²) in [7, 11) is 0. The van der Waals surface area contributed by atoms with Crippen molar-refractivity contribution in [3.05, 3.63) is 72.4 Å². The van der Waals surface area contributed by atoms with Gasteiger partial charge in [0.1, 0.15) is 0 Å². The Morgan fingerprint density at radius 1 is 0.824 bits per heavy atom. The Bertz CT molecular complexity index is 439. The average Bonchev–Trinajstić information content (AvgIpc) is 2.41. The molecule has 2 aromatic carbocycles. The van der Waals surface area contributed by atoms with Crippen LogP contribution >= 0.6 is 0 Å². The van der Waals surface area contributed by atoms with Crippen LogP contribution in [0.3, 0.4) is 0 Å². The van der Waals surface area contributed by atoms with E-state index in [1.54, 1.807) is 6.34 Å². The average molecular weight is 222 g/mol. The van der Waals surface area contributed by atoms with Crippen LogP contribution in [0.5, 0.6) is 0 Å². The highest BCUT2D eigenvalue weighted by Gasteiger charge is 1.82. The van der Waals surface area contributed by atoms with Crippen LogP contribution in [0.15, 0.2) is 71.9 Å². The largest absolute Gasteiger partial charge is 0.353 e. The molecule has 2 aromatic rings. The lowest BCUT2D eigenvalue weighted by molar-refractivity contribution is 1.32. The van der Waals surface area contributed by atoms with E-state index in [0.717, 1.165) is 11.3 Å². The monoisotopic (exact) mass is 222 g/mol. The first-order valence-electron chi connectivity index (χ1n) is 5.50. The van der Waals surface area contributed by atoms with E-state index in [-0.39, 0.29) is 0 Å². The van der Waals surface area contributed by atoms with Gasteiger partial charge >= 0.3 is 0 Å². The van der Waals surface area contributed by atoms with E-state index in [2.05, 4.69) is 10.3 Å². The fourth-order valence-corrected chi connectivity index (χ4v) is 1.38. The zero-order valence-electron chi connectivity index (χ0n) is 9.45. The Kier molecular flexibility index (Phi) is 4.12. The molecule has 0 bridgehead atoms. The highest BCUT2D eigenvalue weighted by molar-refractivity contribution is 5.63. The van der Waals surface area contributed by atoms with Gasteiger partial charge in [-0.1, -0.05) is 48.5 Å². The van der Waals surface area contributed by atoms with Crippen LogP contribution in [0, 0.1) is 0 Å². The first-order valence-corrected chi connectivity index (χ1v) is 5.50. The van der Waals surface area contributed by atoms with Crippen molar-refractivity contribution in [1.29, 1.82) is 0 Å². The molecule has 0 aliphatic carbocycles. The second kappa shape index (κ2) is 6.28. The number of rotatable bonds is 4. The molecule has 0 atom stereocenters. The van der Waals surface area contributed by atoms with E-state index in [4.69, 9.17) is 0 Å². The molecule has 84 valence electrons. The summed E-state index contributed by atoms with van der Waals surface area (Å²) in [4.78, 5) is 4.25. The van der Waals surface area contributed by atoms with E-state index in [1.807, 2.05) is 72.9 Å². The molecule has 0 heterocycles. The van der Waals surface area contributed by atoms with Gasteiger partial charge < -0.3 is 5.32 Å². The van der Waals surface area contributed by atoms with Crippen LogP contribution in [-0.4, -0.2) is 6.34 Å². The van der Waals surface area contributed by atoms with Crippen molar-refractivity contribution in [2.24, 2.45) is 4.99 Å². The molecule has 0 spiro atoms. The second-order valence-electron chi connectivity index (χ2n) is 3.50. The number of hydrogen-bond acceptors (Lipinski definition) is 1. The molecule has 0 aliphatic heterocycles. The van der Waals surface area contributed by atoms with Gasteiger partial charge in [-0.2, -0.15) is 0 Å². The zero-order valence-corrected chi connectivity index (χ0v) is 9.45. The molecule has 0 aromatic heterocycles. The fourth-order valence-electron chi connectivity index (χ4n) is 1.38. The topological polar surface area (TPSA) is 24.4 Å². The Hall–Kier alpha value is -2.35. The minimum absolute atomic E-state index is 0.938. The van der Waals surface area contributed by atoms with Crippen LogP contribution in [-0.2, 0) is 0 Å². The molecular formula is C15H14N2. The number of benzene rings is 2. The van der Waals surface area contributed by atoms with E-state index in [9.17, 15) is 0 Å². The highest BCUT2D eigenvalue weighted by atomic mass is 14.9. The van der Waals surface area contributed by atoms with E-state index in [0.29, 0.717) is 0 Å². The van der Waals surface area contributed by atoms with E-state index < -0.39 is 0 Å². The highest BCUT2D eigenvalue weighted by Crippen LogP contribution is 2.07. The summed E-state index contributed by atoms with van der Waals surface area (Å²) in [5.74, 6) is 0. The molecule has 0 unspecified atom stereocenters. The molecule has 0 saturated carbocycles. The van der Waals surface area contributed by atoms with Crippen LogP contribution < -0.4 is 5.32 Å². The molecule has 2 rings (SSSR count). The van der Waals surface area contributed by atoms with Crippen LogP contribution in [0.1, 0.15) is 5.56 Å². The molecule has 2 heteroatoms. The summed E-state index contributed by atoms with van der Waals surface area (Å²) in [6.45, 7) is 0. The summed E-state index contributed by atoms with van der Waals surface area (Å²) in [5.41, 5.74) is 2.10. The maximum atomic E-state index is 4.25. The lowest BCUT2D eigenvalue weighted by atomic mass is 10.2. The van der Waals surface area contributed by atoms with Crippen LogP contribution in [0.4, 0.5) is 5.69 Å². The second-order valence-corrected chi connectivity index (χ2v) is 3.50. The standard InChI is InChI=1S/C15H14N2/c1-3-7-14(8-4-1)11-12-16-13-17-15-9-5-2-6-10-15/h1-13H,(H,16,17). The maximum Gasteiger partial charge on any atom is 0.0925 e. The predicted molar refractivity (Wildman–Crippen MR) is 73.2 cm³/mol. The van der Waals surface area contributed by atoms with Crippen molar-refractivity contribution in [3.63, 3.8) is 0 Å². The smallest absolute Gasteiger partial charge is 0.0925 e. The third-order valence-electron chi connectivity index (χ3n) is 2.22. The van der Waals surface area contributed by atoms with Crippen molar-refractivity contribution >= 4 is 18.1 Å². The van der Waals surface area contributed by atoms with Crippen molar-refractivity contribution in [2.45, 2.75) is 0 Å². The molecule has 17 heavy (non-hydrogen) atoms. The molecule has 1 N–H and O–H groups in total. The van der Waals surface area contributed by atoms with Crippen molar-refractivity contribution in [2.75, 3.05) is 0 Å². The quantitative estimate of drug-likeness (QED) is 0.620. The van der Waals surface area contributed by atoms with Crippen molar-refractivity contribution in [3.8, 4) is 0 Å². The Morgan fingerprint density at radius 3 is 2.18 bits per heavy atom. The van der Waals surface area contributed by atoms with Crippen LogP contribution in [0.2, 0.25) is 0 Å². The number of hydrogen-bond donors (Lipinski definition) is 1. The maximum absolute atomic E-state index is 4.25. The molecule has 2 nitrogen and oxygen atoms in total. The number of para-hydroxylation sites is 1. The summed E-state index contributed by atoms with van der Waals surface area (Å²) in [6, 6.07) is 19.9. The summed E-state index contributed by atoms with van der Waals surface area (Å²) >= 11 is 0. The molecule has 0 radical (unpaired) electrons. The fraction of sp³-hybridized carbons (Fsp3) is 0. The first-order chi connectivity index (χ1) is 8.45. The molecule has 0 saturated heterocycles. The summed E-state index contributed by atoms with van der Waals surface area (Å²) in [5, 5.41) is 3.01. The molecular weight excluding hydrogens is 208 g/mol. The molecule has 0 fully saturated rings. The van der Waals surface area contributed by atoms with Gasteiger partial charge in [0.2, 0.25) is 0 Å². The van der Waals surface area contributed by atoms with Gasteiger partial charge in [-0.3, -0.25) is 0 Å². The normalized spacial score (nSPS) is 11.1. The van der Waals surface area contributed by atoms with Gasteiger partial charge in [-0.15, -0.1) is 0 Å². The molecule has 0 amide bonds. The van der Waals surface area contributed by atoms with Crippen molar-refractivity contribution in [1.82, 2.24) is 5.32 Å². The van der Waals surface area contributed by atoms with E-state index >= 15 is 0 Å². The third-order valence-corrected chi connectivity index (χ3v) is 2.22. The molecule has 0 aliphatic rings. The van der Waals surface area contributed by atoms with Crippen LogP contribution in [0.25, 0.3) is 6.08 Å². The zero-order chi connectivity index (χ0) is 11.8. The van der Waals surface area contributed by atoms with Gasteiger partial charge in [-0.05, 0) is 23.8 Å². The van der Waals surface area contributed by atoms with Crippen molar-refractivity contribution < 1.29 is 0 Å². The Balaban J connectivity index is 1.84. The number of aliphatic imine (C=N–C) groups is 1. The predicted octanol–water partition coefficient (Wildman–Crippen LogP) is 3.61. The lowest BCUT2D eigenvalue weighted by Crippen LogP contribution is -1.98. The SMILES string of the molecule is C(=Cc1ccccc1)NC=Nc1ccccc1. The number of nitrogens with one attached hydrogen (secondary N) is 1. The first kappa shape index (κ1) is 11.1. The Labute approximate surface area is 101 Å². The van der Waals surface area contributed by atoms with Gasteiger partial charge in [0.05, 0.1) is 12.0 Å². The summed E-state index contributed by atoms with van der Waals surface area (Å²) in [6.07, 6.45) is 5.54. The third kappa shape index (κ3) is 3.95. The van der Waals surface area contributed by atoms with Gasteiger partial charge in [-0.25, -0.2) is 4.99 Å². The van der Waals surface area contributed by atoms with Gasteiger partial charge in [0.25, 0.3) is 0 Å². The minimum Gasteiger partial charge on any atom is -0.353 e. The van der Waals surface area contributed by atoms with Gasteiger partial charge in [0.15, 0.2) is 0 Å². The lowest BCUT2D eigenvalue weighted by Gasteiger charge is -1.93. The minimum atomic E-state index is 0.938. The number of nitrogens with zero attached hydrogens (tertiary/aromatic N) is 1. The summed E-state index contributed by atoms with van der Waals surface area (Å²) < 4.78 is 0. The Morgan fingerprint density at radius 2 is 1.47 bits per heavy atom. The van der Waals surface area contributed by atoms with E-state index in [1.165, 1.54) is 0 Å².